The first kappa shape index (κ1) is 10.2. The first-order chi connectivity index (χ1) is 6.63. The number of carbonyl (C=O) groups is 1. The molecule has 1 atom stereocenters. The van der Waals surface area contributed by atoms with E-state index < -0.39 is 0 Å². The van der Waals surface area contributed by atoms with Crippen LogP contribution < -0.4 is 16.4 Å². The van der Waals surface area contributed by atoms with Crippen molar-refractivity contribution < 1.29 is 4.79 Å². The summed E-state index contributed by atoms with van der Waals surface area (Å²) in [5.74, 6) is 0.265. The van der Waals surface area contributed by atoms with Crippen molar-refractivity contribution in [3.8, 4) is 0 Å². The number of hydrogen-bond donors (Lipinski definition) is 3. The number of aromatic nitrogens is 2. The largest absolute Gasteiger partial charge is 0.396 e. The topological polar surface area (TPSA) is 92.9 Å². The first-order valence-electron chi connectivity index (χ1n) is 4.19. The summed E-state index contributed by atoms with van der Waals surface area (Å²) in [4.78, 5) is 18.9. The van der Waals surface area contributed by atoms with E-state index >= 15 is 0 Å². The Morgan fingerprint density at radius 2 is 2.07 bits per heavy atom. The lowest BCUT2D eigenvalue weighted by Gasteiger charge is -2.11. The molecule has 4 N–H and O–H groups in total. The number of hydrogen-bond acceptors (Lipinski definition) is 5. The third-order valence-corrected chi connectivity index (χ3v) is 1.66. The zero-order valence-corrected chi connectivity index (χ0v) is 8.11. The normalized spacial score (nSPS) is 11.9. The molecule has 0 bridgehead atoms. The number of nitrogen functional groups attached to an aromatic ring is 1. The number of amides is 1. The third-order valence-electron chi connectivity index (χ3n) is 1.66. The van der Waals surface area contributed by atoms with Gasteiger partial charge >= 0.3 is 0 Å². The zero-order valence-electron chi connectivity index (χ0n) is 8.11. The standard InChI is InChI=1S/C8H13N5O/c1-5(7(14)10-2)13-8-11-3-6(9)4-12-8/h3-5H,9H2,1-2H3,(H,10,14)(H,11,12,13). The fraction of sp³-hybridized carbons (Fsp3) is 0.375. The van der Waals surface area contributed by atoms with Crippen molar-refractivity contribution in [2.75, 3.05) is 18.1 Å². The van der Waals surface area contributed by atoms with Gasteiger partial charge < -0.3 is 16.4 Å². The average molecular weight is 195 g/mol. The lowest BCUT2D eigenvalue weighted by molar-refractivity contribution is -0.121. The van der Waals surface area contributed by atoms with Crippen LogP contribution in [0.15, 0.2) is 12.4 Å². The maximum absolute atomic E-state index is 11.1. The minimum absolute atomic E-state index is 0.120. The summed E-state index contributed by atoms with van der Waals surface area (Å²) in [6.07, 6.45) is 2.96. The molecule has 1 aromatic rings. The highest BCUT2D eigenvalue weighted by Crippen LogP contribution is 2.02. The van der Waals surface area contributed by atoms with Gasteiger partial charge in [-0.1, -0.05) is 0 Å². The van der Waals surface area contributed by atoms with E-state index in [1.54, 1.807) is 14.0 Å². The molecular formula is C8H13N5O. The lowest BCUT2D eigenvalue weighted by atomic mass is 10.3. The van der Waals surface area contributed by atoms with Gasteiger partial charge in [0, 0.05) is 7.05 Å². The summed E-state index contributed by atoms with van der Waals surface area (Å²) in [6, 6.07) is -0.372. The number of nitrogens with one attached hydrogen (secondary N) is 2. The van der Waals surface area contributed by atoms with E-state index in [2.05, 4.69) is 20.6 Å². The number of rotatable bonds is 3. The fourth-order valence-corrected chi connectivity index (χ4v) is 0.888. The van der Waals surface area contributed by atoms with Crippen LogP contribution in [0, 0.1) is 0 Å². The Bertz CT molecular complexity index is 310. The molecule has 6 heteroatoms. The molecule has 0 aromatic carbocycles. The van der Waals surface area contributed by atoms with Gasteiger partial charge in [-0.05, 0) is 6.92 Å². The van der Waals surface area contributed by atoms with E-state index in [4.69, 9.17) is 5.73 Å². The maximum Gasteiger partial charge on any atom is 0.242 e. The Labute approximate surface area is 81.9 Å². The Kier molecular flexibility index (Phi) is 3.22. The van der Waals surface area contributed by atoms with Gasteiger partial charge in [-0.2, -0.15) is 0 Å². The number of likely N-dealkylation sites (N-methyl/N-ethyl adjacent to an activating group) is 1. The molecule has 1 aromatic heterocycles. The van der Waals surface area contributed by atoms with E-state index in [9.17, 15) is 4.79 Å². The van der Waals surface area contributed by atoms with Gasteiger partial charge in [-0.15, -0.1) is 0 Å². The predicted molar refractivity (Wildman–Crippen MR) is 53.6 cm³/mol. The Balaban J connectivity index is 2.60. The van der Waals surface area contributed by atoms with Gasteiger partial charge in [0.15, 0.2) is 0 Å². The predicted octanol–water partition coefficient (Wildman–Crippen LogP) is -0.395. The second-order valence-electron chi connectivity index (χ2n) is 2.82. The smallest absolute Gasteiger partial charge is 0.242 e. The number of nitrogens with two attached hydrogens (primary N) is 1. The molecular weight excluding hydrogens is 182 g/mol. The molecule has 0 spiro atoms. The molecule has 0 aliphatic heterocycles. The van der Waals surface area contributed by atoms with Crippen molar-refractivity contribution in [2.24, 2.45) is 0 Å². The van der Waals surface area contributed by atoms with Crippen LogP contribution in [0.1, 0.15) is 6.92 Å². The van der Waals surface area contributed by atoms with Crippen molar-refractivity contribution in [3.05, 3.63) is 12.4 Å². The van der Waals surface area contributed by atoms with Crippen molar-refractivity contribution >= 4 is 17.5 Å². The van der Waals surface area contributed by atoms with Crippen LogP contribution in [0.3, 0.4) is 0 Å². The quantitative estimate of drug-likeness (QED) is 0.610. The molecule has 6 nitrogen and oxygen atoms in total. The molecule has 0 saturated heterocycles. The molecule has 0 aliphatic rings. The van der Waals surface area contributed by atoms with Crippen LogP contribution in [-0.4, -0.2) is 29.0 Å². The molecule has 0 aliphatic carbocycles. The summed E-state index contributed by atoms with van der Waals surface area (Å²) in [5.41, 5.74) is 5.90. The van der Waals surface area contributed by atoms with E-state index in [1.165, 1.54) is 12.4 Å². The van der Waals surface area contributed by atoms with Gasteiger partial charge in [-0.3, -0.25) is 4.79 Å². The Morgan fingerprint density at radius 3 is 2.57 bits per heavy atom. The van der Waals surface area contributed by atoms with Gasteiger partial charge in [-0.25, -0.2) is 9.97 Å². The number of carbonyl (C=O) groups excluding carboxylic acids is 1. The summed E-state index contributed by atoms with van der Waals surface area (Å²) < 4.78 is 0. The van der Waals surface area contributed by atoms with Crippen LogP contribution in [0.25, 0.3) is 0 Å². The van der Waals surface area contributed by atoms with Gasteiger partial charge in [0.05, 0.1) is 18.1 Å². The molecule has 0 radical (unpaired) electrons. The van der Waals surface area contributed by atoms with Gasteiger partial charge in [0.25, 0.3) is 0 Å². The molecule has 1 amide bonds. The van der Waals surface area contributed by atoms with Gasteiger partial charge in [0.2, 0.25) is 11.9 Å². The monoisotopic (exact) mass is 195 g/mol. The Morgan fingerprint density at radius 1 is 1.50 bits per heavy atom. The molecule has 14 heavy (non-hydrogen) atoms. The second-order valence-corrected chi connectivity index (χ2v) is 2.82. The lowest BCUT2D eigenvalue weighted by Crippen LogP contribution is -2.35. The van der Waals surface area contributed by atoms with E-state index in [-0.39, 0.29) is 11.9 Å². The molecule has 0 saturated carbocycles. The van der Waals surface area contributed by atoms with Crippen LogP contribution in [0.4, 0.5) is 11.6 Å². The van der Waals surface area contributed by atoms with Crippen LogP contribution in [0.5, 0.6) is 0 Å². The van der Waals surface area contributed by atoms with Crippen molar-refractivity contribution in [1.29, 1.82) is 0 Å². The second kappa shape index (κ2) is 4.40. The highest BCUT2D eigenvalue weighted by atomic mass is 16.2. The fourth-order valence-electron chi connectivity index (χ4n) is 0.888. The summed E-state index contributed by atoms with van der Waals surface area (Å²) in [7, 11) is 1.57. The SMILES string of the molecule is CNC(=O)C(C)Nc1ncc(N)cn1. The zero-order chi connectivity index (χ0) is 10.6. The third kappa shape index (κ3) is 2.58. The first-order valence-corrected chi connectivity index (χ1v) is 4.19. The summed E-state index contributed by atoms with van der Waals surface area (Å²) >= 11 is 0. The van der Waals surface area contributed by atoms with Crippen LogP contribution in [-0.2, 0) is 4.79 Å². The van der Waals surface area contributed by atoms with E-state index in [0.29, 0.717) is 11.6 Å². The van der Waals surface area contributed by atoms with Crippen molar-refractivity contribution in [3.63, 3.8) is 0 Å². The minimum atomic E-state index is -0.372. The molecule has 0 fully saturated rings. The number of nitrogens with zero attached hydrogens (tertiary/aromatic N) is 2. The minimum Gasteiger partial charge on any atom is -0.396 e. The van der Waals surface area contributed by atoms with Crippen molar-refractivity contribution in [2.45, 2.75) is 13.0 Å². The van der Waals surface area contributed by atoms with Crippen LogP contribution >= 0.6 is 0 Å². The van der Waals surface area contributed by atoms with Crippen LogP contribution in [0.2, 0.25) is 0 Å². The van der Waals surface area contributed by atoms with Gasteiger partial charge in [0.1, 0.15) is 6.04 Å². The Hall–Kier alpha value is -1.85. The summed E-state index contributed by atoms with van der Waals surface area (Å²) in [6.45, 7) is 1.72. The highest BCUT2D eigenvalue weighted by molar-refractivity contribution is 5.83. The molecule has 1 rings (SSSR count). The van der Waals surface area contributed by atoms with E-state index in [1.807, 2.05) is 0 Å². The molecule has 1 heterocycles. The van der Waals surface area contributed by atoms with E-state index in [0.717, 1.165) is 0 Å². The summed E-state index contributed by atoms with van der Waals surface area (Å²) in [5, 5.41) is 5.34. The highest BCUT2D eigenvalue weighted by Gasteiger charge is 2.10. The average Bonchev–Trinajstić information content (AvgIpc) is 2.20. The van der Waals surface area contributed by atoms with Crippen molar-refractivity contribution in [1.82, 2.24) is 15.3 Å². The molecule has 76 valence electrons. The maximum atomic E-state index is 11.1. The number of anilines is 2. The molecule has 1 unspecified atom stereocenters.